The van der Waals surface area contributed by atoms with Crippen LogP contribution < -0.4 is 0 Å². The summed E-state index contributed by atoms with van der Waals surface area (Å²) >= 11 is 1.53. The summed E-state index contributed by atoms with van der Waals surface area (Å²) in [5.41, 5.74) is 1.23. The van der Waals surface area contributed by atoms with Gasteiger partial charge in [-0.25, -0.2) is 19.4 Å². The van der Waals surface area contributed by atoms with Crippen LogP contribution in [0.4, 0.5) is 4.79 Å². The maximum atomic E-state index is 13.1. The van der Waals surface area contributed by atoms with E-state index in [1.165, 1.54) is 11.8 Å². The van der Waals surface area contributed by atoms with Crippen LogP contribution >= 0.6 is 11.8 Å². The van der Waals surface area contributed by atoms with Crippen LogP contribution in [0.25, 0.3) is 22.6 Å². The van der Waals surface area contributed by atoms with Gasteiger partial charge in [0, 0.05) is 25.1 Å². The van der Waals surface area contributed by atoms with E-state index in [-0.39, 0.29) is 17.9 Å². The van der Waals surface area contributed by atoms with Crippen molar-refractivity contribution in [3.05, 3.63) is 17.5 Å². The minimum atomic E-state index is -0.539. The largest absolute Gasteiger partial charge is 0.444 e. The summed E-state index contributed by atoms with van der Waals surface area (Å²) in [5.74, 6) is 1.50. The number of nitrogens with zero attached hydrogens (tertiary/aromatic N) is 6. The molecule has 0 aromatic carbocycles. The quantitative estimate of drug-likeness (QED) is 0.355. The van der Waals surface area contributed by atoms with E-state index in [0.717, 1.165) is 60.3 Å². The highest BCUT2D eigenvalue weighted by Crippen LogP contribution is 2.47. The minimum Gasteiger partial charge on any atom is -0.444 e. The van der Waals surface area contributed by atoms with Gasteiger partial charge in [-0.15, -0.1) is 11.8 Å². The van der Waals surface area contributed by atoms with E-state index in [0.29, 0.717) is 36.7 Å². The van der Waals surface area contributed by atoms with Crippen LogP contribution in [0.15, 0.2) is 15.7 Å². The van der Waals surface area contributed by atoms with E-state index in [1.54, 1.807) is 11.1 Å². The molecule has 3 aliphatic rings. The number of fused-ring (bicyclic) bond motifs is 3. The number of ether oxygens (including phenoxy) is 1. The first-order valence-corrected chi connectivity index (χ1v) is 14.2. The van der Waals surface area contributed by atoms with Crippen molar-refractivity contribution < 1.29 is 18.8 Å². The molecule has 1 saturated heterocycles. The molecule has 2 aliphatic carbocycles. The second-order valence-corrected chi connectivity index (χ2v) is 12.1. The number of hydrogen-bond donors (Lipinski definition) is 0. The summed E-state index contributed by atoms with van der Waals surface area (Å²) in [6.45, 7) is 6.59. The fourth-order valence-electron chi connectivity index (χ4n) is 5.88. The van der Waals surface area contributed by atoms with Gasteiger partial charge in [0.05, 0.1) is 23.0 Å². The van der Waals surface area contributed by atoms with Gasteiger partial charge in [-0.05, 0) is 59.1 Å². The highest BCUT2D eigenvalue weighted by Gasteiger charge is 2.48. The standard InChI is InChI=1S/C26H32N6O4S/c1-25(2,3)35-24(34)31-13-15(14-31)32-22-17(12-27-32)23(37-4)29-21(28-22)19-16-8-7-11-26(20(16)36-30-19)10-6-5-9-18(26)33/h12,15H,5-11,13-14H2,1-4H3/t26-/m1/s1. The Labute approximate surface area is 219 Å². The first kappa shape index (κ1) is 24.4. The number of carbonyl (C=O) groups excluding carboxylic acids is 2. The van der Waals surface area contributed by atoms with Crippen molar-refractivity contribution in [3.8, 4) is 11.5 Å². The molecular weight excluding hydrogens is 492 g/mol. The third-order valence-corrected chi connectivity index (χ3v) is 8.43. The Balaban J connectivity index is 1.34. The number of Topliss-reactive ketones (excluding diaryl/α,β-unsaturated/α-hetero) is 1. The number of amides is 1. The van der Waals surface area contributed by atoms with Crippen molar-refractivity contribution >= 4 is 34.7 Å². The van der Waals surface area contributed by atoms with Crippen molar-refractivity contribution in [2.45, 2.75) is 87.8 Å². The number of hydrogen-bond acceptors (Lipinski definition) is 9. The molecule has 2 fully saturated rings. The van der Waals surface area contributed by atoms with Crippen LogP contribution in [0.2, 0.25) is 0 Å². The molecule has 3 aromatic heterocycles. The monoisotopic (exact) mass is 524 g/mol. The molecule has 3 aromatic rings. The Morgan fingerprint density at radius 1 is 1.16 bits per heavy atom. The zero-order chi connectivity index (χ0) is 25.9. The van der Waals surface area contributed by atoms with Gasteiger partial charge in [-0.3, -0.25) is 4.79 Å². The minimum absolute atomic E-state index is 0.00294. The Morgan fingerprint density at radius 2 is 1.95 bits per heavy atom. The summed E-state index contributed by atoms with van der Waals surface area (Å²) in [4.78, 5) is 36.9. The molecule has 0 bridgehead atoms. The van der Waals surface area contributed by atoms with Gasteiger partial charge in [0.15, 0.2) is 22.9 Å². The maximum Gasteiger partial charge on any atom is 0.410 e. The molecule has 0 unspecified atom stereocenters. The smallest absolute Gasteiger partial charge is 0.410 e. The van der Waals surface area contributed by atoms with Gasteiger partial charge in [-0.1, -0.05) is 11.6 Å². The molecule has 11 heteroatoms. The van der Waals surface area contributed by atoms with Crippen molar-refractivity contribution in [1.82, 2.24) is 29.8 Å². The van der Waals surface area contributed by atoms with Crippen molar-refractivity contribution in [3.63, 3.8) is 0 Å². The fourth-order valence-corrected chi connectivity index (χ4v) is 6.42. The molecule has 196 valence electrons. The lowest BCUT2D eigenvalue weighted by Gasteiger charge is -2.39. The molecule has 0 radical (unpaired) electrons. The predicted octanol–water partition coefficient (Wildman–Crippen LogP) is 4.71. The fraction of sp³-hybridized carbons (Fsp3) is 0.615. The third kappa shape index (κ3) is 4.02. The van der Waals surface area contributed by atoms with E-state index in [1.807, 2.05) is 31.7 Å². The molecule has 10 nitrogen and oxygen atoms in total. The lowest BCUT2D eigenvalue weighted by atomic mass is 9.64. The number of carbonyl (C=O) groups is 2. The molecule has 1 spiro atoms. The molecule has 4 heterocycles. The summed E-state index contributed by atoms with van der Waals surface area (Å²) < 4.78 is 13.3. The van der Waals surface area contributed by atoms with Crippen molar-refractivity contribution in [2.75, 3.05) is 19.3 Å². The van der Waals surface area contributed by atoms with Gasteiger partial charge in [0.1, 0.15) is 16.4 Å². The van der Waals surface area contributed by atoms with Crippen molar-refractivity contribution in [1.29, 1.82) is 0 Å². The van der Waals surface area contributed by atoms with Crippen LogP contribution in [0, 0.1) is 0 Å². The van der Waals surface area contributed by atoms with Gasteiger partial charge in [0.2, 0.25) is 0 Å². The van der Waals surface area contributed by atoms with Gasteiger partial charge < -0.3 is 14.2 Å². The van der Waals surface area contributed by atoms with E-state index in [4.69, 9.17) is 19.2 Å². The Bertz CT molecular complexity index is 1390. The highest BCUT2D eigenvalue weighted by molar-refractivity contribution is 7.98. The first-order chi connectivity index (χ1) is 17.7. The topological polar surface area (TPSA) is 116 Å². The average molecular weight is 525 g/mol. The molecule has 37 heavy (non-hydrogen) atoms. The summed E-state index contributed by atoms with van der Waals surface area (Å²) in [6, 6.07) is -0.00294. The normalized spacial score (nSPS) is 22.4. The molecule has 1 atom stereocenters. The van der Waals surface area contributed by atoms with E-state index >= 15 is 0 Å². The molecule has 6 rings (SSSR count). The molecule has 1 aliphatic heterocycles. The van der Waals surface area contributed by atoms with Crippen LogP contribution in [0.3, 0.4) is 0 Å². The summed E-state index contributed by atoms with van der Waals surface area (Å²) in [6.07, 6.45) is 9.40. The zero-order valence-corrected chi connectivity index (χ0v) is 22.6. The Morgan fingerprint density at radius 3 is 2.68 bits per heavy atom. The number of ketones is 1. The molecule has 0 N–H and O–H groups in total. The van der Waals surface area contributed by atoms with Crippen molar-refractivity contribution in [2.24, 2.45) is 0 Å². The second-order valence-electron chi connectivity index (χ2n) is 11.3. The average Bonchev–Trinajstić information content (AvgIpc) is 3.44. The number of aromatic nitrogens is 5. The van der Waals surface area contributed by atoms with Crippen LogP contribution in [0.5, 0.6) is 0 Å². The van der Waals surface area contributed by atoms with Crippen LogP contribution in [-0.4, -0.2) is 66.6 Å². The third-order valence-electron chi connectivity index (χ3n) is 7.73. The number of rotatable bonds is 3. The maximum absolute atomic E-state index is 13.1. The van der Waals surface area contributed by atoms with Gasteiger partial charge in [-0.2, -0.15) is 5.10 Å². The zero-order valence-electron chi connectivity index (χ0n) is 21.7. The summed E-state index contributed by atoms with van der Waals surface area (Å²) in [7, 11) is 0. The van der Waals surface area contributed by atoms with Crippen LogP contribution in [-0.2, 0) is 21.4 Å². The molecule has 1 amide bonds. The lowest BCUT2D eigenvalue weighted by molar-refractivity contribution is -0.128. The van der Waals surface area contributed by atoms with E-state index < -0.39 is 11.0 Å². The lowest BCUT2D eigenvalue weighted by Crippen LogP contribution is -2.52. The Kier molecular flexibility index (Phi) is 5.81. The van der Waals surface area contributed by atoms with Crippen LogP contribution in [0.1, 0.15) is 76.7 Å². The predicted molar refractivity (Wildman–Crippen MR) is 138 cm³/mol. The van der Waals surface area contributed by atoms with E-state index in [2.05, 4.69) is 10.3 Å². The van der Waals surface area contributed by atoms with Gasteiger partial charge in [0.25, 0.3) is 0 Å². The molecule has 1 saturated carbocycles. The van der Waals surface area contributed by atoms with E-state index in [9.17, 15) is 9.59 Å². The van der Waals surface area contributed by atoms with Gasteiger partial charge >= 0.3 is 6.09 Å². The number of thioether (sulfide) groups is 1. The highest BCUT2D eigenvalue weighted by atomic mass is 32.2. The SMILES string of the molecule is CSc1nc(-c2noc3c2CCC[C@@]32CCCCC2=O)nc2c1cnn2C1CN(C(=O)OC(C)(C)C)C1. The second kappa shape index (κ2) is 8.82. The summed E-state index contributed by atoms with van der Waals surface area (Å²) in [5, 5.41) is 10.7. The molecular formula is C26H32N6O4S. The number of likely N-dealkylation sites (tertiary alicyclic amines) is 1. The first-order valence-electron chi connectivity index (χ1n) is 13.0. The Hall–Kier alpha value is -2.95.